The molecular weight excluding hydrogens is 1030 g/mol. The predicted molar refractivity (Wildman–Crippen MR) is 371 cm³/mol. The summed E-state index contributed by atoms with van der Waals surface area (Å²) in [7, 11) is 0. The van der Waals surface area contributed by atoms with Gasteiger partial charge >= 0.3 is 11.9 Å². The number of hydrogen-bond donors (Lipinski definition) is 1. The maximum Gasteiger partial charge on any atom is 0.306 e. The van der Waals surface area contributed by atoms with E-state index in [-0.39, 0.29) is 25.2 Å². The van der Waals surface area contributed by atoms with Gasteiger partial charge in [-0.1, -0.05) is 410 Å². The fourth-order valence-electron chi connectivity index (χ4n) is 12.2. The molecule has 0 amide bonds. The van der Waals surface area contributed by atoms with Gasteiger partial charge in [0.15, 0.2) is 6.10 Å². The number of unbranched alkanes of at least 4 members (excludes halogenated alkanes) is 59. The van der Waals surface area contributed by atoms with Crippen LogP contribution in [0, 0.1) is 0 Å². The lowest BCUT2D eigenvalue weighted by Crippen LogP contribution is -2.28. The Labute approximate surface area is 526 Å². The number of rotatable bonds is 73. The minimum atomic E-state index is -0.769. The Morgan fingerprint density at radius 3 is 0.714 bits per heavy atom. The molecule has 0 aliphatic heterocycles. The second-order valence-electron chi connectivity index (χ2n) is 26.4. The minimum Gasteiger partial charge on any atom is -0.462 e. The largest absolute Gasteiger partial charge is 0.462 e. The van der Waals surface area contributed by atoms with E-state index in [0.717, 1.165) is 44.9 Å². The molecule has 0 saturated carbocycles. The van der Waals surface area contributed by atoms with Crippen molar-refractivity contribution >= 4 is 11.9 Å². The zero-order valence-corrected chi connectivity index (χ0v) is 57.2. The third-order valence-electron chi connectivity index (χ3n) is 17.9. The maximum absolute atomic E-state index is 12.4. The summed E-state index contributed by atoms with van der Waals surface area (Å²) < 4.78 is 10.8. The summed E-state index contributed by atoms with van der Waals surface area (Å²) in [6, 6.07) is 0. The van der Waals surface area contributed by atoms with Gasteiger partial charge in [0, 0.05) is 12.8 Å². The van der Waals surface area contributed by atoms with Crippen molar-refractivity contribution < 1.29 is 24.2 Å². The molecule has 0 saturated heterocycles. The molecule has 1 atom stereocenters. The normalized spacial score (nSPS) is 12.3. The van der Waals surface area contributed by atoms with E-state index in [4.69, 9.17) is 9.47 Å². The van der Waals surface area contributed by atoms with Crippen molar-refractivity contribution in [3.8, 4) is 0 Å². The van der Waals surface area contributed by atoms with E-state index >= 15 is 0 Å². The van der Waals surface area contributed by atoms with Crippen molar-refractivity contribution in [1.29, 1.82) is 0 Å². The maximum atomic E-state index is 12.4. The van der Waals surface area contributed by atoms with E-state index in [9.17, 15) is 14.7 Å². The minimum absolute atomic E-state index is 0.0577. The van der Waals surface area contributed by atoms with Gasteiger partial charge in [-0.25, -0.2) is 0 Å². The zero-order valence-electron chi connectivity index (χ0n) is 57.2. The standard InChI is InChI=1S/C79H150O5/c1-3-5-7-9-11-13-15-17-19-21-23-25-27-29-31-33-35-36-37-38-39-40-41-42-44-46-48-50-52-54-56-58-60-62-64-66-68-70-72-74-79(82)84-77(75-80)76-83-78(81)73-71-69-67-65-63-61-59-57-55-53-51-49-47-45-43-34-32-30-28-26-24-22-20-18-16-14-12-10-8-6-4-2/h15,17,21,23,27,29,77,80H,3-14,16,18-20,22,24-26,28,30-76H2,1-2H3/b17-15-,23-21-,29-27-. The van der Waals surface area contributed by atoms with E-state index in [1.165, 1.54) is 366 Å². The Morgan fingerprint density at radius 1 is 0.274 bits per heavy atom. The van der Waals surface area contributed by atoms with Crippen LogP contribution in [-0.2, 0) is 19.1 Å². The molecule has 1 unspecified atom stereocenters. The van der Waals surface area contributed by atoms with Gasteiger partial charge in [0.25, 0.3) is 0 Å². The second-order valence-corrected chi connectivity index (χ2v) is 26.4. The van der Waals surface area contributed by atoms with Crippen LogP contribution in [0.1, 0.15) is 438 Å². The first-order valence-electron chi connectivity index (χ1n) is 38.5. The second kappa shape index (κ2) is 75.4. The average Bonchev–Trinajstić information content (AvgIpc) is 3.51. The molecule has 0 aromatic heterocycles. The van der Waals surface area contributed by atoms with Crippen LogP contribution in [0.25, 0.3) is 0 Å². The van der Waals surface area contributed by atoms with Crippen molar-refractivity contribution in [3.05, 3.63) is 36.5 Å². The Bertz CT molecular complexity index is 1340. The summed E-state index contributed by atoms with van der Waals surface area (Å²) in [5, 5.41) is 9.72. The van der Waals surface area contributed by atoms with Crippen LogP contribution < -0.4 is 0 Å². The van der Waals surface area contributed by atoms with E-state index in [1.54, 1.807) is 0 Å². The van der Waals surface area contributed by atoms with Gasteiger partial charge in [-0.15, -0.1) is 0 Å². The molecule has 5 nitrogen and oxygen atoms in total. The number of carbonyl (C=O) groups is 2. The fourth-order valence-corrected chi connectivity index (χ4v) is 12.2. The molecule has 496 valence electrons. The van der Waals surface area contributed by atoms with Crippen LogP contribution in [-0.4, -0.2) is 36.4 Å². The molecular formula is C79H150O5. The summed E-state index contributed by atoms with van der Waals surface area (Å²) in [5.74, 6) is -0.561. The lowest BCUT2D eigenvalue weighted by Gasteiger charge is -2.15. The molecule has 0 aliphatic carbocycles. The van der Waals surface area contributed by atoms with Crippen LogP contribution in [0.15, 0.2) is 36.5 Å². The SMILES string of the molecule is CCCCCCC/C=C\C/C=C\C/C=C\CCCCCCCCCCCCCCCCCCCCCCCCCCC(=O)OC(CO)COC(=O)CCCCCCCCCCCCCCCCCCCCCCCCCCCCCCCCC. The molecule has 84 heavy (non-hydrogen) atoms. The van der Waals surface area contributed by atoms with Crippen molar-refractivity contribution in [2.24, 2.45) is 0 Å². The highest BCUT2D eigenvalue weighted by atomic mass is 16.6. The van der Waals surface area contributed by atoms with Crippen LogP contribution >= 0.6 is 0 Å². The van der Waals surface area contributed by atoms with Crippen LogP contribution in [0.5, 0.6) is 0 Å². The number of aliphatic hydroxyl groups excluding tert-OH is 1. The molecule has 0 aromatic rings. The van der Waals surface area contributed by atoms with Gasteiger partial charge < -0.3 is 14.6 Å². The fraction of sp³-hybridized carbons (Fsp3) is 0.899. The van der Waals surface area contributed by atoms with Gasteiger partial charge in [-0.2, -0.15) is 0 Å². The summed E-state index contributed by atoms with van der Waals surface area (Å²) in [6.07, 6.45) is 101. The first kappa shape index (κ1) is 82.1. The number of esters is 2. The zero-order chi connectivity index (χ0) is 60.5. The van der Waals surface area contributed by atoms with Crippen molar-refractivity contribution in [1.82, 2.24) is 0 Å². The third-order valence-corrected chi connectivity index (χ3v) is 17.9. The molecule has 0 spiro atoms. The monoisotopic (exact) mass is 1180 g/mol. The highest BCUT2D eigenvalue weighted by Gasteiger charge is 2.16. The highest BCUT2D eigenvalue weighted by molar-refractivity contribution is 5.70. The molecule has 0 fully saturated rings. The Hall–Kier alpha value is -1.88. The number of ether oxygens (including phenoxy) is 2. The van der Waals surface area contributed by atoms with Gasteiger partial charge in [0.2, 0.25) is 0 Å². The van der Waals surface area contributed by atoms with Gasteiger partial charge in [-0.3, -0.25) is 9.59 Å². The molecule has 0 aromatic carbocycles. The van der Waals surface area contributed by atoms with Gasteiger partial charge in [0.1, 0.15) is 6.61 Å². The van der Waals surface area contributed by atoms with E-state index in [0.29, 0.717) is 12.8 Å². The summed E-state index contributed by atoms with van der Waals surface area (Å²) >= 11 is 0. The topological polar surface area (TPSA) is 72.8 Å². The highest BCUT2D eigenvalue weighted by Crippen LogP contribution is 2.20. The first-order chi connectivity index (χ1) is 41.6. The lowest BCUT2D eigenvalue weighted by molar-refractivity contribution is -0.161. The van der Waals surface area contributed by atoms with Crippen LogP contribution in [0.3, 0.4) is 0 Å². The Morgan fingerprint density at radius 2 is 0.476 bits per heavy atom. The lowest BCUT2D eigenvalue weighted by atomic mass is 10.0. The summed E-state index contributed by atoms with van der Waals surface area (Å²) in [4.78, 5) is 24.7. The number of hydrogen-bond acceptors (Lipinski definition) is 5. The van der Waals surface area contributed by atoms with Gasteiger partial charge in [0.05, 0.1) is 6.61 Å². The summed E-state index contributed by atoms with van der Waals surface area (Å²) in [5.41, 5.74) is 0. The number of aliphatic hydroxyl groups is 1. The molecule has 0 heterocycles. The average molecular weight is 1180 g/mol. The molecule has 0 rings (SSSR count). The van der Waals surface area contributed by atoms with E-state index in [1.807, 2.05) is 0 Å². The summed E-state index contributed by atoms with van der Waals surface area (Å²) in [6.45, 7) is 4.20. The van der Waals surface area contributed by atoms with E-state index < -0.39 is 6.10 Å². The number of allylic oxidation sites excluding steroid dienone is 6. The Balaban J connectivity index is 3.36. The molecule has 1 N–H and O–H groups in total. The Kier molecular flexibility index (Phi) is 73.7. The van der Waals surface area contributed by atoms with Gasteiger partial charge in [-0.05, 0) is 51.4 Å². The van der Waals surface area contributed by atoms with Crippen molar-refractivity contribution in [2.45, 2.75) is 444 Å². The van der Waals surface area contributed by atoms with E-state index in [2.05, 4.69) is 50.3 Å². The van der Waals surface area contributed by atoms with Crippen molar-refractivity contribution in [3.63, 3.8) is 0 Å². The van der Waals surface area contributed by atoms with Crippen molar-refractivity contribution in [2.75, 3.05) is 13.2 Å². The van der Waals surface area contributed by atoms with Crippen LogP contribution in [0.2, 0.25) is 0 Å². The molecule has 5 heteroatoms. The molecule has 0 aliphatic rings. The van der Waals surface area contributed by atoms with Crippen LogP contribution in [0.4, 0.5) is 0 Å². The quantitative estimate of drug-likeness (QED) is 0.0373. The third kappa shape index (κ3) is 72.6. The first-order valence-corrected chi connectivity index (χ1v) is 38.5. The number of carbonyl (C=O) groups excluding carboxylic acids is 2. The smallest absolute Gasteiger partial charge is 0.306 e. The molecule has 0 radical (unpaired) electrons. The predicted octanol–water partition coefficient (Wildman–Crippen LogP) is 26.9. The molecule has 0 bridgehead atoms.